The van der Waals surface area contributed by atoms with E-state index in [2.05, 4.69) is 13.8 Å². The van der Waals surface area contributed by atoms with Gasteiger partial charge in [-0.2, -0.15) is 0 Å². The Bertz CT molecular complexity index is 439. The summed E-state index contributed by atoms with van der Waals surface area (Å²) in [5.41, 5.74) is 0. The van der Waals surface area contributed by atoms with Gasteiger partial charge >= 0.3 is 17.9 Å². The molecule has 3 atom stereocenters. The van der Waals surface area contributed by atoms with Crippen molar-refractivity contribution in [1.29, 1.82) is 0 Å². The SMILES string of the molecule is CCC.CCC(O)CC(=O)OCC(COC(=O)CC(O)CC)OC(=O)CC(O)CC. The van der Waals surface area contributed by atoms with Crippen LogP contribution in [0.25, 0.3) is 0 Å². The molecule has 0 aliphatic rings. The van der Waals surface area contributed by atoms with Crippen LogP contribution in [0.5, 0.6) is 0 Å². The van der Waals surface area contributed by atoms with Crippen molar-refractivity contribution < 1.29 is 43.9 Å². The second-order valence-corrected chi connectivity index (χ2v) is 6.98. The summed E-state index contributed by atoms with van der Waals surface area (Å²) in [6.45, 7) is 8.67. The minimum atomic E-state index is -1.05. The van der Waals surface area contributed by atoms with Gasteiger partial charge in [0.25, 0.3) is 0 Å². The fraction of sp³-hybridized carbons (Fsp3) is 0.857. The van der Waals surface area contributed by atoms with Crippen LogP contribution in [0.1, 0.15) is 79.6 Å². The van der Waals surface area contributed by atoms with Crippen LogP contribution in [-0.4, -0.2) is 70.9 Å². The van der Waals surface area contributed by atoms with Gasteiger partial charge in [0, 0.05) is 0 Å². The van der Waals surface area contributed by atoms with Crippen LogP contribution in [-0.2, 0) is 28.6 Å². The highest BCUT2D eigenvalue weighted by Gasteiger charge is 2.22. The summed E-state index contributed by atoms with van der Waals surface area (Å²) >= 11 is 0. The van der Waals surface area contributed by atoms with Crippen LogP contribution in [0.15, 0.2) is 0 Å². The van der Waals surface area contributed by atoms with Crippen molar-refractivity contribution in [2.45, 2.75) is 104 Å². The topological polar surface area (TPSA) is 140 Å². The molecule has 9 nitrogen and oxygen atoms in total. The zero-order chi connectivity index (χ0) is 23.5. The molecule has 0 saturated carbocycles. The van der Waals surface area contributed by atoms with Crippen LogP contribution in [0, 0.1) is 0 Å². The molecular formula is C21H40O9. The maximum atomic E-state index is 11.8. The Balaban J connectivity index is 0. The summed E-state index contributed by atoms with van der Waals surface area (Å²) in [5, 5.41) is 28.4. The number of ether oxygens (including phenoxy) is 3. The first kappa shape index (κ1) is 30.5. The average Bonchev–Trinajstić information content (AvgIpc) is 2.69. The third-order valence-electron chi connectivity index (χ3n) is 3.78. The normalized spacial score (nSPS) is 14.4. The molecule has 3 unspecified atom stereocenters. The number of aliphatic hydroxyl groups is 3. The van der Waals surface area contributed by atoms with Gasteiger partial charge in [-0.1, -0.05) is 41.0 Å². The number of carbonyl (C=O) groups excluding carboxylic acids is 3. The molecule has 0 spiro atoms. The van der Waals surface area contributed by atoms with E-state index in [0.29, 0.717) is 19.3 Å². The molecule has 0 fully saturated rings. The smallest absolute Gasteiger partial charge is 0.308 e. The van der Waals surface area contributed by atoms with Crippen molar-refractivity contribution in [3.63, 3.8) is 0 Å². The first-order valence-electron chi connectivity index (χ1n) is 10.7. The van der Waals surface area contributed by atoms with Crippen LogP contribution in [0.2, 0.25) is 0 Å². The van der Waals surface area contributed by atoms with Crippen molar-refractivity contribution >= 4 is 17.9 Å². The predicted octanol–water partition coefficient (Wildman–Crippen LogP) is 1.88. The summed E-state index contributed by atoms with van der Waals surface area (Å²) in [4.78, 5) is 35.1. The standard InChI is InChI=1S/C18H32O9.C3H8/c1-4-12(19)7-16(22)25-10-15(27-18(24)9-14(21)6-3)11-26-17(23)8-13(20)5-2;1-3-2/h12-15,19-21H,4-11H2,1-3H3;3H2,1-2H3. The lowest BCUT2D eigenvalue weighted by molar-refractivity contribution is -0.169. The van der Waals surface area contributed by atoms with Crippen LogP contribution >= 0.6 is 0 Å². The van der Waals surface area contributed by atoms with E-state index in [0.717, 1.165) is 0 Å². The monoisotopic (exact) mass is 436 g/mol. The number of hydrogen-bond donors (Lipinski definition) is 3. The lowest BCUT2D eigenvalue weighted by atomic mass is 10.2. The number of carbonyl (C=O) groups is 3. The van der Waals surface area contributed by atoms with Gasteiger partial charge in [-0.05, 0) is 19.3 Å². The average molecular weight is 437 g/mol. The molecule has 9 heteroatoms. The molecule has 178 valence electrons. The van der Waals surface area contributed by atoms with Gasteiger partial charge in [0.15, 0.2) is 6.10 Å². The molecule has 0 aliphatic heterocycles. The van der Waals surface area contributed by atoms with Gasteiger partial charge in [-0.15, -0.1) is 0 Å². The number of esters is 3. The van der Waals surface area contributed by atoms with Crippen molar-refractivity contribution in [1.82, 2.24) is 0 Å². The Labute approximate surface area is 179 Å². The molecule has 0 bridgehead atoms. The van der Waals surface area contributed by atoms with Crippen molar-refractivity contribution in [2.24, 2.45) is 0 Å². The van der Waals surface area contributed by atoms with E-state index in [9.17, 15) is 29.7 Å². The van der Waals surface area contributed by atoms with Crippen molar-refractivity contribution in [2.75, 3.05) is 13.2 Å². The highest BCUT2D eigenvalue weighted by Crippen LogP contribution is 2.07. The molecule has 0 amide bonds. The molecule has 0 aromatic carbocycles. The van der Waals surface area contributed by atoms with Gasteiger partial charge in [0.1, 0.15) is 13.2 Å². The van der Waals surface area contributed by atoms with Gasteiger partial charge in [0.05, 0.1) is 37.6 Å². The van der Waals surface area contributed by atoms with Crippen molar-refractivity contribution in [3.8, 4) is 0 Å². The first-order chi connectivity index (χ1) is 14.1. The van der Waals surface area contributed by atoms with E-state index in [1.807, 2.05) is 0 Å². The molecule has 0 aromatic rings. The highest BCUT2D eigenvalue weighted by atomic mass is 16.6. The molecule has 3 N–H and O–H groups in total. The van der Waals surface area contributed by atoms with E-state index < -0.39 is 42.3 Å². The van der Waals surface area contributed by atoms with E-state index >= 15 is 0 Å². The summed E-state index contributed by atoms with van der Waals surface area (Å²) in [5.74, 6) is -2.07. The molecule has 0 rings (SSSR count). The maximum Gasteiger partial charge on any atom is 0.308 e. The Morgan fingerprint density at radius 3 is 1.23 bits per heavy atom. The van der Waals surface area contributed by atoms with Gasteiger partial charge in [-0.3, -0.25) is 14.4 Å². The van der Waals surface area contributed by atoms with E-state index in [4.69, 9.17) is 14.2 Å². The number of rotatable bonds is 14. The Morgan fingerprint density at radius 2 is 0.933 bits per heavy atom. The molecule has 0 aromatic heterocycles. The zero-order valence-corrected chi connectivity index (χ0v) is 19.0. The molecule has 0 radical (unpaired) electrons. The molecule has 0 aliphatic carbocycles. The Kier molecular flexibility index (Phi) is 19.6. The molecule has 0 heterocycles. The minimum Gasteiger partial charge on any atom is -0.462 e. The lowest BCUT2D eigenvalue weighted by Gasteiger charge is -2.19. The summed E-state index contributed by atoms with van der Waals surface area (Å²) in [7, 11) is 0. The number of aliphatic hydroxyl groups excluding tert-OH is 3. The molecule has 30 heavy (non-hydrogen) atoms. The van der Waals surface area contributed by atoms with Gasteiger partial charge in [0.2, 0.25) is 0 Å². The van der Waals surface area contributed by atoms with Gasteiger partial charge in [-0.25, -0.2) is 0 Å². The largest absolute Gasteiger partial charge is 0.462 e. The number of hydrogen-bond acceptors (Lipinski definition) is 9. The fourth-order valence-corrected chi connectivity index (χ4v) is 1.85. The zero-order valence-electron chi connectivity index (χ0n) is 19.0. The Hall–Kier alpha value is -1.71. The van der Waals surface area contributed by atoms with Crippen LogP contribution < -0.4 is 0 Å². The summed E-state index contributed by atoms with van der Waals surface area (Å²) in [6, 6.07) is 0. The third-order valence-corrected chi connectivity index (χ3v) is 3.78. The van der Waals surface area contributed by atoms with Crippen LogP contribution in [0.4, 0.5) is 0 Å². The molecule has 0 saturated heterocycles. The lowest BCUT2D eigenvalue weighted by Crippen LogP contribution is -2.32. The first-order valence-corrected chi connectivity index (χ1v) is 10.7. The van der Waals surface area contributed by atoms with Gasteiger partial charge < -0.3 is 29.5 Å². The van der Waals surface area contributed by atoms with Crippen LogP contribution in [0.3, 0.4) is 0 Å². The van der Waals surface area contributed by atoms with Crippen molar-refractivity contribution in [3.05, 3.63) is 0 Å². The third kappa shape index (κ3) is 18.3. The Morgan fingerprint density at radius 1 is 0.633 bits per heavy atom. The minimum absolute atomic E-state index is 0.200. The second kappa shape index (κ2) is 19.3. The second-order valence-electron chi connectivity index (χ2n) is 6.98. The summed E-state index contributed by atoms with van der Waals surface area (Å²) < 4.78 is 15.0. The fourth-order valence-electron chi connectivity index (χ4n) is 1.85. The predicted molar refractivity (Wildman–Crippen MR) is 111 cm³/mol. The van der Waals surface area contributed by atoms with E-state index in [-0.39, 0.29) is 32.5 Å². The van der Waals surface area contributed by atoms with E-state index in [1.165, 1.54) is 6.42 Å². The highest BCUT2D eigenvalue weighted by molar-refractivity contribution is 5.71. The quantitative estimate of drug-likeness (QED) is 0.275. The maximum absolute atomic E-state index is 11.8. The summed E-state index contributed by atoms with van der Waals surface area (Å²) in [6.07, 6.45) is -1.80. The molecular weight excluding hydrogens is 396 g/mol. The van der Waals surface area contributed by atoms with E-state index in [1.54, 1.807) is 20.8 Å².